The van der Waals surface area contributed by atoms with E-state index in [4.69, 9.17) is 4.52 Å². The highest BCUT2D eigenvalue weighted by atomic mass is 16.5. The second-order valence-corrected chi connectivity index (χ2v) is 6.62. The van der Waals surface area contributed by atoms with Crippen LogP contribution in [-0.4, -0.2) is 32.5 Å². The average Bonchev–Trinajstić information content (AvgIpc) is 3.35. The molecule has 2 aromatic heterocycles. The maximum absolute atomic E-state index is 13.1. The Bertz CT molecular complexity index is 779. The van der Waals surface area contributed by atoms with Crippen molar-refractivity contribution in [3.8, 4) is 0 Å². The van der Waals surface area contributed by atoms with E-state index < -0.39 is 0 Å². The van der Waals surface area contributed by atoms with Crippen LogP contribution in [0.2, 0.25) is 0 Å². The van der Waals surface area contributed by atoms with Crippen molar-refractivity contribution in [2.45, 2.75) is 50.5 Å². The lowest BCUT2D eigenvalue weighted by Crippen LogP contribution is -2.36. The van der Waals surface area contributed by atoms with Crippen LogP contribution in [0.3, 0.4) is 0 Å². The molecule has 0 aromatic carbocycles. The minimum Gasteiger partial charge on any atom is -0.343 e. The SMILES string of the molecule is O=C(c1cc(C2CC2)[nH]c(=O)c1)N1CCCCCC1c1ncon1. The van der Waals surface area contributed by atoms with Crippen molar-refractivity contribution in [3.63, 3.8) is 0 Å². The Morgan fingerprint density at radius 3 is 2.83 bits per heavy atom. The molecule has 1 unspecified atom stereocenters. The molecule has 3 heterocycles. The van der Waals surface area contributed by atoms with Crippen LogP contribution in [0.25, 0.3) is 0 Å². The van der Waals surface area contributed by atoms with E-state index in [1.54, 1.807) is 4.90 Å². The van der Waals surface area contributed by atoms with Crippen LogP contribution in [0.4, 0.5) is 0 Å². The summed E-state index contributed by atoms with van der Waals surface area (Å²) in [6.45, 7) is 0.642. The monoisotopic (exact) mass is 328 g/mol. The molecule has 1 aliphatic carbocycles. The van der Waals surface area contributed by atoms with Gasteiger partial charge in [-0.1, -0.05) is 18.0 Å². The Hall–Kier alpha value is -2.44. The smallest absolute Gasteiger partial charge is 0.254 e. The molecule has 7 nitrogen and oxygen atoms in total. The summed E-state index contributed by atoms with van der Waals surface area (Å²) in [6, 6.07) is 3.04. The topological polar surface area (TPSA) is 92.1 Å². The molecule has 1 atom stereocenters. The summed E-state index contributed by atoms with van der Waals surface area (Å²) in [4.78, 5) is 33.8. The zero-order chi connectivity index (χ0) is 16.5. The lowest BCUT2D eigenvalue weighted by molar-refractivity contribution is 0.0670. The van der Waals surface area contributed by atoms with E-state index in [0.717, 1.165) is 44.2 Å². The second kappa shape index (κ2) is 6.22. The van der Waals surface area contributed by atoms with Crippen LogP contribution >= 0.6 is 0 Å². The Morgan fingerprint density at radius 1 is 1.21 bits per heavy atom. The molecule has 0 bridgehead atoms. The number of nitrogens with one attached hydrogen (secondary N) is 1. The molecule has 126 valence electrons. The van der Waals surface area contributed by atoms with Crippen molar-refractivity contribution in [1.82, 2.24) is 20.0 Å². The summed E-state index contributed by atoms with van der Waals surface area (Å²) in [5.41, 5.74) is 1.11. The van der Waals surface area contributed by atoms with Crippen molar-refractivity contribution in [1.29, 1.82) is 0 Å². The van der Waals surface area contributed by atoms with Crippen LogP contribution in [0.1, 0.15) is 72.4 Å². The molecular weight excluding hydrogens is 308 g/mol. The van der Waals surface area contributed by atoms with E-state index in [1.807, 2.05) is 6.07 Å². The minimum absolute atomic E-state index is 0.125. The molecule has 0 radical (unpaired) electrons. The van der Waals surface area contributed by atoms with Gasteiger partial charge in [0.2, 0.25) is 12.0 Å². The fraction of sp³-hybridized carbons (Fsp3) is 0.529. The first-order valence-electron chi connectivity index (χ1n) is 8.54. The average molecular weight is 328 g/mol. The van der Waals surface area contributed by atoms with Crippen LogP contribution in [0.5, 0.6) is 0 Å². The predicted octanol–water partition coefficient (Wildman–Crippen LogP) is 2.39. The van der Waals surface area contributed by atoms with Gasteiger partial charge >= 0.3 is 0 Å². The Morgan fingerprint density at radius 2 is 2.08 bits per heavy atom. The van der Waals surface area contributed by atoms with Gasteiger partial charge in [-0.15, -0.1) is 0 Å². The lowest BCUT2D eigenvalue weighted by Gasteiger charge is -2.28. The Kier molecular flexibility index (Phi) is 3.92. The first-order chi connectivity index (χ1) is 11.7. The van der Waals surface area contributed by atoms with E-state index in [9.17, 15) is 9.59 Å². The summed E-state index contributed by atoms with van der Waals surface area (Å²) in [5, 5.41) is 3.93. The molecule has 1 aliphatic heterocycles. The highest BCUT2D eigenvalue weighted by molar-refractivity contribution is 5.94. The molecule has 1 N–H and O–H groups in total. The van der Waals surface area contributed by atoms with E-state index in [0.29, 0.717) is 23.9 Å². The van der Waals surface area contributed by atoms with E-state index >= 15 is 0 Å². The molecule has 7 heteroatoms. The number of carbonyl (C=O) groups is 1. The van der Waals surface area contributed by atoms with Gasteiger partial charge in [0.15, 0.2) is 5.82 Å². The van der Waals surface area contributed by atoms with Crippen molar-refractivity contribution in [2.75, 3.05) is 6.54 Å². The van der Waals surface area contributed by atoms with Gasteiger partial charge < -0.3 is 14.4 Å². The largest absolute Gasteiger partial charge is 0.343 e. The number of H-pyrrole nitrogens is 1. The fourth-order valence-electron chi connectivity index (χ4n) is 3.41. The van der Waals surface area contributed by atoms with Gasteiger partial charge in [-0.25, -0.2) is 0 Å². The molecule has 1 saturated heterocycles. The number of amides is 1. The van der Waals surface area contributed by atoms with Crippen molar-refractivity contribution in [3.05, 3.63) is 46.0 Å². The number of nitrogens with zero attached hydrogens (tertiary/aromatic N) is 3. The molecule has 2 aromatic rings. The number of rotatable bonds is 3. The van der Waals surface area contributed by atoms with Crippen molar-refractivity contribution in [2.24, 2.45) is 0 Å². The van der Waals surface area contributed by atoms with Gasteiger partial charge in [0, 0.05) is 23.9 Å². The number of hydrogen-bond acceptors (Lipinski definition) is 5. The molecule has 24 heavy (non-hydrogen) atoms. The standard InChI is InChI=1S/C17H20N4O3/c22-15-9-12(8-13(19-15)11-5-6-11)17(23)21-7-3-1-2-4-14(21)16-18-10-24-20-16/h8-11,14H,1-7H2,(H,19,22). The summed E-state index contributed by atoms with van der Waals surface area (Å²) in [6.07, 6.45) is 7.28. The highest BCUT2D eigenvalue weighted by Crippen LogP contribution is 2.39. The third-order valence-corrected chi connectivity index (χ3v) is 4.82. The number of aromatic amines is 1. The molecule has 1 saturated carbocycles. The number of aromatic nitrogens is 3. The van der Waals surface area contributed by atoms with E-state index in [2.05, 4.69) is 15.1 Å². The summed E-state index contributed by atoms with van der Waals surface area (Å²) in [5.74, 6) is 0.805. The van der Waals surface area contributed by atoms with Gasteiger partial charge in [-0.05, 0) is 37.7 Å². The maximum Gasteiger partial charge on any atom is 0.254 e. The zero-order valence-electron chi connectivity index (χ0n) is 13.4. The van der Waals surface area contributed by atoms with Crippen molar-refractivity contribution >= 4 is 5.91 Å². The second-order valence-electron chi connectivity index (χ2n) is 6.62. The van der Waals surface area contributed by atoms with Crippen LogP contribution in [0, 0.1) is 0 Å². The zero-order valence-corrected chi connectivity index (χ0v) is 13.4. The maximum atomic E-state index is 13.1. The van der Waals surface area contributed by atoms with Gasteiger partial charge in [0.05, 0.1) is 6.04 Å². The third-order valence-electron chi connectivity index (χ3n) is 4.82. The van der Waals surface area contributed by atoms with Crippen LogP contribution in [0.15, 0.2) is 27.8 Å². The first kappa shape index (κ1) is 15.1. The predicted molar refractivity (Wildman–Crippen MR) is 85.6 cm³/mol. The Labute approximate surface area is 139 Å². The highest BCUT2D eigenvalue weighted by Gasteiger charge is 2.31. The van der Waals surface area contributed by atoms with Gasteiger partial charge in [0.1, 0.15) is 0 Å². The summed E-state index contributed by atoms with van der Waals surface area (Å²) in [7, 11) is 0. The third kappa shape index (κ3) is 2.98. The number of likely N-dealkylation sites (tertiary alicyclic amines) is 1. The minimum atomic E-state index is -0.214. The van der Waals surface area contributed by atoms with Crippen molar-refractivity contribution < 1.29 is 9.32 Å². The molecule has 4 rings (SSSR count). The van der Waals surface area contributed by atoms with E-state index in [1.165, 1.54) is 12.5 Å². The van der Waals surface area contributed by atoms with Crippen LogP contribution < -0.4 is 5.56 Å². The quantitative estimate of drug-likeness (QED) is 0.934. The van der Waals surface area contributed by atoms with Gasteiger partial charge in [-0.3, -0.25) is 9.59 Å². The van der Waals surface area contributed by atoms with Crippen LogP contribution in [-0.2, 0) is 0 Å². The lowest BCUT2D eigenvalue weighted by atomic mass is 10.1. The summed E-state index contributed by atoms with van der Waals surface area (Å²) < 4.78 is 4.87. The number of pyridine rings is 1. The number of hydrogen-bond donors (Lipinski definition) is 1. The van der Waals surface area contributed by atoms with E-state index in [-0.39, 0.29) is 17.5 Å². The number of carbonyl (C=O) groups excluding carboxylic acids is 1. The Balaban J connectivity index is 1.67. The van der Waals surface area contributed by atoms with Gasteiger partial charge in [0.25, 0.3) is 5.91 Å². The normalized spacial score (nSPS) is 21.5. The first-order valence-corrected chi connectivity index (χ1v) is 8.54. The molecular formula is C17H20N4O3. The molecule has 2 aliphatic rings. The fourth-order valence-corrected chi connectivity index (χ4v) is 3.41. The van der Waals surface area contributed by atoms with Gasteiger partial charge in [-0.2, -0.15) is 4.98 Å². The summed E-state index contributed by atoms with van der Waals surface area (Å²) >= 11 is 0. The molecule has 2 fully saturated rings. The molecule has 1 amide bonds. The molecule has 0 spiro atoms.